The maximum Gasteiger partial charge on any atom is 0.144 e. The Balaban J connectivity index is 1.43. The van der Waals surface area contributed by atoms with Gasteiger partial charge in [-0.3, -0.25) is 4.98 Å². The molecule has 4 heteroatoms. The van der Waals surface area contributed by atoms with Crippen molar-refractivity contribution in [3.63, 3.8) is 0 Å². The molecule has 33 heavy (non-hydrogen) atoms. The summed E-state index contributed by atoms with van der Waals surface area (Å²) in [5.74, 6) is -0.161. The van der Waals surface area contributed by atoms with Crippen molar-refractivity contribution in [3.8, 4) is 23.1 Å². The molecule has 1 heterocycles. The van der Waals surface area contributed by atoms with E-state index in [1.807, 2.05) is 36.5 Å². The van der Waals surface area contributed by atoms with Crippen molar-refractivity contribution in [2.24, 2.45) is 0 Å². The second-order valence-electron chi connectivity index (χ2n) is 8.52. The van der Waals surface area contributed by atoms with Crippen molar-refractivity contribution in [2.45, 2.75) is 71.3 Å². The summed E-state index contributed by atoms with van der Waals surface area (Å²) in [7, 11) is 0. The molecule has 0 bridgehead atoms. The summed E-state index contributed by atoms with van der Waals surface area (Å²) in [6.07, 6.45) is 13.8. The third-order valence-corrected chi connectivity index (χ3v) is 5.86. The van der Waals surface area contributed by atoms with E-state index in [-0.39, 0.29) is 5.56 Å². The minimum Gasteiger partial charge on any atom is -0.489 e. The topological polar surface area (TPSA) is 45.9 Å². The highest BCUT2D eigenvalue weighted by Crippen LogP contribution is 2.21. The zero-order valence-electron chi connectivity index (χ0n) is 19.5. The van der Waals surface area contributed by atoms with Gasteiger partial charge in [-0.2, -0.15) is 5.26 Å². The number of unbranched alkanes of at least 4 members (excludes halogenated alkanes) is 7. The van der Waals surface area contributed by atoms with E-state index in [4.69, 9.17) is 10.00 Å². The molecule has 0 saturated heterocycles. The molecule has 2 aromatic carbocycles. The quantitative estimate of drug-likeness (QED) is 0.251. The molecule has 0 aliphatic rings. The van der Waals surface area contributed by atoms with Crippen LogP contribution in [0.5, 0.6) is 5.75 Å². The molecule has 0 unspecified atom stereocenters. The summed E-state index contributed by atoms with van der Waals surface area (Å²) < 4.78 is 19.3. The number of aromatic nitrogens is 1. The third kappa shape index (κ3) is 8.02. The number of nitriles is 1. The summed E-state index contributed by atoms with van der Waals surface area (Å²) in [5.41, 5.74) is 4.31. The van der Waals surface area contributed by atoms with Crippen molar-refractivity contribution in [1.29, 1.82) is 5.26 Å². The van der Waals surface area contributed by atoms with Gasteiger partial charge in [0.15, 0.2) is 0 Å². The van der Waals surface area contributed by atoms with Crippen LogP contribution in [0.1, 0.15) is 75.0 Å². The lowest BCUT2D eigenvalue weighted by atomic mass is 10.0. The van der Waals surface area contributed by atoms with E-state index in [0.29, 0.717) is 12.4 Å². The number of ether oxygens (including phenoxy) is 1. The van der Waals surface area contributed by atoms with Gasteiger partial charge in [0.05, 0.1) is 11.3 Å². The van der Waals surface area contributed by atoms with Crippen LogP contribution in [0.2, 0.25) is 0 Å². The van der Waals surface area contributed by atoms with Gasteiger partial charge in [-0.05, 0) is 42.2 Å². The Morgan fingerprint density at radius 1 is 0.848 bits per heavy atom. The fourth-order valence-electron chi connectivity index (χ4n) is 3.82. The van der Waals surface area contributed by atoms with Gasteiger partial charge < -0.3 is 4.74 Å². The average Bonchev–Trinajstić information content (AvgIpc) is 2.85. The molecule has 1 aromatic heterocycles. The second kappa shape index (κ2) is 13.4. The lowest BCUT2D eigenvalue weighted by Gasteiger charge is -2.08. The first-order valence-corrected chi connectivity index (χ1v) is 12.1. The molecular formula is C29H33FN2O. The van der Waals surface area contributed by atoms with Crippen molar-refractivity contribution < 1.29 is 9.13 Å². The summed E-state index contributed by atoms with van der Waals surface area (Å²) in [4.78, 5) is 4.65. The maximum absolute atomic E-state index is 13.7. The van der Waals surface area contributed by atoms with Crippen molar-refractivity contribution in [3.05, 3.63) is 83.3 Å². The van der Waals surface area contributed by atoms with Crippen LogP contribution in [-0.2, 0) is 13.0 Å². The van der Waals surface area contributed by atoms with E-state index in [1.54, 1.807) is 6.07 Å². The van der Waals surface area contributed by atoms with Gasteiger partial charge in [-0.25, -0.2) is 4.39 Å². The fourth-order valence-corrected chi connectivity index (χ4v) is 3.82. The zero-order chi connectivity index (χ0) is 23.3. The maximum atomic E-state index is 13.7. The number of rotatable bonds is 13. The van der Waals surface area contributed by atoms with Gasteiger partial charge in [-0.1, -0.05) is 82.2 Å². The monoisotopic (exact) mass is 444 g/mol. The van der Waals surface area contributed by atoms with Crippen LogP contribution in [0.4, 0.5) is 4.39 Å². The lowest BCUT2D eigenvalue weighted by molar-refractivity contribution is 0.304. The first-order chi connectivity index (χ1) is 16.2. The molecule has 0 fully saturated rings. The van der Waals surface area contributed by atoms with E-state index in [2.05, 4.69) is 24.0 Å². The molecule has 0 aliphatic carbocycles. The predicted molar refractivity (Wildman–Crippen MR) is 131 cm³/mol. The van der Waals surface area contributed by atoms with Crippen LogP contribution in [0.25, 0.3) is 11.3 Å². The second-order valence-corrected chi connectivity index (χ2v) is 8.52. The van der Waals surface area contributed by atoms with Gasteiger partial charge >= 0.3 is 0 Å². The van der Waals surface area contributed by atoms with Gasteiger partial charge in [0.25, 0.3) is 0 Å². The van der Waals surface area contributed by atoms with Crippen LogP contribution >= 0.6 is 0 Å². The standard InChI is InChI=1S/C29H33FN2O/c1-2-3-4-5-6-7-8-9-10-23-13-18-29(32-21-23)25-14-11-24(12-15-25)22-33-27-17-16-26(20-31)28(30)19-27/h11-19,21H,2-10,22H2,1H3. The van der Waals surface area contributed by atoms with E-state index in [0.717, 1.165) is 23.2 Å². The van der Waals surface area contributed by atoms with Gasteiger partial charge in [-0.15, -0.1) is 0 Å². The Labute approximate surface area is 197 Å². The largest absolute Gasteiger partial charge is 0.489 e. The van der Waals surface area contributed by atoms with Crippen LogP contribution in [0, 0.1) is 17.1 Å². The minimum absolute atomic E-state index is 0.0167. The van der Waals surface area contributed by atoms with E-state index in [9.17, 15) is 4.39 Å². The molecule has 0 N–H and O–H groups in total. The number of hydrogen-bond acceptors (Lipinski definition) is 3. The van der Waals surface area contributed by atoms with Crippen LogP contribution < -0.4 is 4.74 Å². The molecule has 3 aromatic rings. The van der Waals surface area contributed by atoms with Crippen LogP contribution in [0.3, 0.4) is 0 Å². The minimum atomic E-state index is -0.567. The molecule has 3 nitrogen and oxygen atoms in total. The van der Waals surface area contributed by atoms with Crippen molar-refractivity contribution in [1.82, 2.24) is 4.98 Å². The van der Waals surface area contributed by atoms with Crippen molar-refractivity contribution >= 4 is 0 Å². The summed E-state index contributed by atoms with van der Waals surface area (Å²) in [5, 5.41) is 8.80. The Hall–Kier alpha value is -3.19. The van der Waals surface area contributed by atoms with Gasteiger partial charge in [0, 0.05) is 17.8 Å². The molecule has 0 aliphatic heterocycles. The number of aryl methyl sites for hydroxylation is 1. The molecule has 0 saturated carbocycles. The molecule has 3 rings (SSSR count). The highest BCUT2D eigenvalue weighted by molar-refractivity contribution is 5.59. The molecule has 172 valence electrons. The fraction of sp³-hybridized carbons (Fsp3) is 0.379. The highest BCUT2D eigenvalue weighted by atomic mass is 19.1. The smallest absolute Gasteiger partial charge is 0.144 e. The number of nitrogens with zero attached hydrogens (tertiary/aromatic N) is 2. The van der Waals surface area contributed by atoms with Crippen LogP contribution in [-0.4, -0.2) is 4.98 Å². The van der Waals surface area contributed by atoms with Gasteiger partial charge in [0.1, 0.15) is 24.2 Å². The number of benzene rings is 2. The van der Waals surface area contributed by atoms with Gasteiger partial charge in [0.2, 0.25) is 0 Å². The summed E-state index contributed by atoms with van der Waals surface area (Å²) in [6, 6.07) is 18.4. The molecule has 0 radical (unpaired) electrons. The number of hydrogen-bond donors (Lipinski definition) is 0. The first kappa shape index (κ1) is 24.5. The molecule has 0 spiro atoms. The molecule has 0 amide bonds. The van der Waals surface area contributed by atoms with Crippen molar-refractivity contribution in [2.75, 3.05) is 0 Å². The summed E-state index contributed by atoms with van der Waals surface area (Å²) >= 11 is 0. The Morgan fingerprint density at radius 3 is 2.18 bits per heavy atom. The molecule has 0 atom stereocenters. The van der Waals surface area contributed by atoms with E-state index in [1.165, 1.54) is 69.1 Å². The summed E-state index contributed by atoms with van der Waals surface area (Å²) in [6.45, 7) is 2.59. The predicted octanol–water partition coefficient (Wildman–Crippen LogP) is 8.02. The number of pyridine rings is 1. The third-order valence-electron chi connectivity index (χ3n) is 5.86. The first-order valence-electron chi connectivity index (χ1n) is 12.1. The van der Waals surface area contributed by atoms with E-state index >= 15 is 0 Å². The zero-order valence-corrected chi connectivity index (χ0v) is 19.5. The normalized spacial score (nSPS) is 10.7. The Morgan fingerprint density at radius 2 is 1.55 bits per heavy atom. The Bertz CT molecular complexity index is 1020. The van der Waals surface area contributed by atoms with E-state index < -0.39 is 5.82 Å². The molecular weight excluding hydrogens is 411 g/mol. The van der Waals surface area contributed by atoms with Crippen LogP contribution in [0.15, 0.2) is 60.8 Å². The number of halogens is 1. The Kier molecular flexibility index (Phi) is 9.91. The SMILES string of the molecule is CCCCCCCCCCc1ccc(-c2ccc(COc3ccc(C#N)c(F)c3)cc2)nc1. The lowest BCUT2D eigenvalue weighted by Crippen LogP contribution is -1.96. The average molecular weight is 445 g/mol. The highest BCUT2D eigenvalue weighted by Gasteiger charge is 2.05.